The van der Waals surface area contributed by atoms with Crippen LogP contribution in [0.2, 0.25) is 0 Å². The fourth-order valence-corrected chi connectivity index (χ4v) is 3.97. The summed E-state index contributed by atoms with van der Waals surface area (Å²) in [4.78, 5) is 76.0. The van der Waals surface area contributed by atoms with Crippen LogP contribution in [0.1, 0.15) is 29.8 Å². The van der Waals surface area contributed by atoms with E-state index in [0.717, 1.165) is 0 Å². The predicted octanol–water partition coefficient (Wildman–Crippen LogP) is -2.00. The van der Waals surface area contributed by atoms with E-state index in [2.05, 4.69) is 35.9 Å². The van der Waals surface area contributed by atoms with Gasteiger partial charge in [-0.1, -0.05) is 12.1 Å². The largest absolute Gasteiger partial charge is 0.508 e. The lowest BCUT2D eigenvalue weighted by atomic mass is 10.0. The van der Waals surface area contributed by atoms with Crippen LogP contribution >= 0.6 is 0 Å². The van der Waals surface area contributed by atoms with Crippen molar-refractivity contribution in [1.29, 1.82) is 0 Å². The Morgan fingerprint density at radius 1 is 0.786 bits per heavy atom. The molecule has 16 nitrogen and oxygen atoms in total. The molecule has 2 aromatic heterocycles. The molecule has 11 N–H and O–H groups in total. The Hall–Kier alpha value is -5.25. The van der Waals surface area contributed by atoms with Gasteiger partial charge >= 0.3 is 5.97 Å². The molecule has 0 saturated heterocycles. The number of nitrogens with two attached hydrogens (primary N) is 2. The monoisotopic (exact) mass is 583 g/mol. The number of phenols is 1. The Bertz CT molecular complexity index is 1340. The molecule has 4 amide bonds. The second-order valence-electron chi connectivity index (χ2n) is 9.57. The number of aromatic amines is 2. The molecule has 0 spiro atoms. The average Bonchev–Trinajstić information content (AvgIpc) is 3.66. The lowest BCUT2D eigenvalue weighted by Crippen LogP contribution is -2.58. The number of phenolic OH excluding ortho intramolecular Hbond substituents is 1. The van der Waals surface area contributed by atoms with Crippen LogP contribution in [0, 0.1) is 0 Å². The molecule has 4 unspecified atom stereocenters. The first-order valence-electron chi connectivity index (χ1n) is 12.9. The molecule has 0 aliphatic heterocycles. The quantitative estimate of drug-likeness (QED) is 0.0894. The summed E-state index contributed by atoms with van der Waals surface area (Å²) in [7, 11) is 0. The van der Waals surface area contributed by atoms with Crippen molar-refractivity contribution in [1.82, 2.24) is 35.9 Å². The van der Waals surface area contributed by atoms with Gasteiger partial charge in [0.05, 0.1) is 18.7 Å². The van der Waals surface area contributed by atoms with Crippen molar-refractivity contribution < 1.29 is 34.2 Å². The number of amides is 4. The number of aromatic nitrogens is 4. The maximum atomic E-state index is 13.5. The summed E-state index contributed by atoms with van der Waals surface area (Å²) in [6.07, 6.45) is 5.24. The van der Waals surface area contributed by atoms with Gasteiger partial charge < -0.3 is 47.6 Å². The molecule has 16 heteroatoms. The van der Waals surface area contributed by atoms with Crippen LogP contribution in [0.4, 0.5) is 0 Å². The van der Waals surface area contributed by atoms with Gasteiger partial charge in [-0.25, -0.2) is 14.8 Å². The van der Waals surface area contributed by atoms with E-state index in [1.807, 2.05) is 0 Å². The third-order valence-corrected chi connectivity index (χ3v) is 6.25. The lowest BCUT2D eigenvalue weighted by Gasteiger charge is -2.25. The minimum absolute atomic E-state index is 0.00991. The molecule has 0 bridgehead atoms. The number of imidazole rings is 2. The third-order valence-electron chi connectivity index (χ3n) is 6.25. The zero-order chi connectivity index (χ0) is 30.6. The van der Waals surface area contributed by atoms with Gasteiger partial charge in [-0.15, -0.1) is 0 Å². The van der Waals surface area contributed by atoms with E-state index >= 15 is 0 Å². The first-order valence-corrected chi connectivity index (χ1v) is 12.9. The Labute approximate surface area is 239 Å². The molecule has 0 radical (unpaired) electrons. The zero-order valence-corrected chi connectivity index (χ0v) is 22.4. The maximum absolute atomic E-state index is 13.5. The number of benzene rings is 1. The Morgan fingerprint density at radius 2 is 1.29 bits per heavy atom. The lowest BCUT2D eigenvalue weighted by molar-refractivity contribution is -0.142. The van der Waals surface area contributed by atoms with E-state index < -0.39 is 53.8 Å². The number of aliphatic carboxylic acids is 1. The number of carbonyl (C=O) groups is 5. The third kappa shape index (κ3) is 9.74. The van der Waals surface area contributed by atoms with E-state index in [1.54, 1.807) is 12.1 Å². The molecule has 0 fully saturated rings. The molecule has 3 rings (SSSR count). The smallest absolute Gasteiger partial charge is 0.326 e. The minimum Gasteiger partial charge on any atom is -0.508 e. The number of aromatic hydroxyl groups is 1. The molecule has 4 atom stereocenters. The molecule has 42 heavy (non-hydrogen) atoms. The summed E-state index contributed by atoms with van der Waals surface area (Å²) in [6, 6.07) is 0.901. The summed E-state index contributed by atoms with van der Waals surface area (Å²) in [5, 5.41) is 26.9. The van der Waals surface area contributed by atoms with Gasteiger partial charge in [0.15, 0.2) is 0 Å². The standard InChI is InChI=1S/C26H33N9O7/c27-18(5-6-22(28)37)23(38)33-20(8-15-10-29-12-31-15)25(40)34-19(7-14-1-3-17(36)4-2-14)24(39)35-21(26(41)42)9-16-11-30-13-32-16/h1-4,10-13,18-21,36H,5-9,27H2,(H2,28,37)(H,29,31)(H,30,32)(H,33,38)(H,34,40)(H,35,39)(H,41,42). The molecule has 0 aliphatic rings. The first-order chi connectivity index (χ1) is 20.0. The average molecular weight is 584 g/mol. The fraction of sp³-hybridized carbons (Fsp3) is 0.346. The number of nitrogens with one attached hydrogen (secondary N) is 5. The molecule has 0 saturated carbocycles. The number of rotatable bonds is 16. The van der Waals surface area contributed by atoms with Crippen LogP contribution in [0.3, 0.4) is 0 Å². The van der Waals surface area contributed by atoms with E-state index in [-0.39, 0.29) is 37.9 Å². The van der Waals surface area contributed by atoms with Crippen LogP contribution in [-0.4, -0.2) is 83.9 Å². The van der Waals surface area contributed by atoms with Gasteiger partial charge in [0.25, 0.3) is 0 Å². The molecule has 2 heterocycles. The van der Waals surface area contributed by atoms with Crippen molar-refractivity contribution >= 4 is 29.6 Å². The van der Waals surface area contributed by atoms with Crippen molar-refractivity contribution in [3.63, 3.8) is 0 Å². The van der Waals surface area contributed by atoms with Gasteiger partial charge in [-0.3, -0.25) is 19.2 Å². The SMILES string of the molecule is NC(=O)CCC(N)C(=O)NC(Cc1cnc[nH]1)C(=O)NC(Cc1ccc(O)cc1)C(=O)NC(Cc1cnc[nH]1)C(=O)O. The minimum atomic E-state index is -1.35. The fourth-order valence-electron chi connectivity index (χ4n) is 3.97. The molecular formula is C26H33N9O7. The summed E-state index contributed by atoms with van der Waals surface area (Å²) in [5.74, 6) is -4.24. The van der Waals surface area contributed by atoms with Gasteiger partial charge in [0.1, 0.15) is 23.9 Å². The summed E-state index contributed by atoms with van der Waals surface area (Å²) < 4.78 is 0. The Morgan fingerprint density at radius 3 is 1.79 bits per heavy atom. The Kier molecular flexibility index (Phi) is 11.1. The van der Waals surface area contributed by atoms with E-state index in [9.17, 15) is 34.2 Å². The molecule has 1 aromatic carbocycles. The van der Waals surface area contributed by atoms with Crippen molar-refractivity contribution in [2.75, 3.05) is 0 Å². The van der Waals surface area contributed by atoms with Crippen molar-refractivity contribution in [3.05, 3.63) is 66.3 Å². The summed E-state index contributed by atoms with van der Waals surface area (Å²) in [5.41, 5.74) is 12.5. The van der Waals surface area contributed by atoms with Crippen LogP contribution in [-0.2, 0) is 43.2 Å². The highest BCUT2D eigenvalue weighted by atomic mass is 16.4. The number of carbonyl (C=O) groups excluding carboxylic acids is 4. The number of carboxylic acids is 1. The summed E-state index contributed by atoms with van der Waals surface area (Å²) >= 11 is 0. The normalized spacial score (nSPS) is 13.7. The van der Waals surface area contributed by atoms with Gasteiger partial charge in [0, 0.05) is 49.5 Å². The number of carboxylic acid groups (broad SMARTS) is 1. The number of nitrogens with zero attached hydrogens (tertiary/aromatic N) is 2. The maximum Gasteiger partial charge on any atom is 0.326 e. The van der Waals surface area contributed by atoms with Crippen LogP contribution in [0.5, 0.6) is 5.75 Å². The van der Waals surface area contributed by atoms with Gasteiger partial charge in [0.2, 0.25) is 23.6 Å². The van der Waals surface area contributed by atoms with Gasteiger partial charge in [-0.05, 0) is 24.1 Å². The van der Waals surface area contributed by atoms with E-state index in [4.69, 9.17) is 11.5 Å². The highest BCUT2D eigenvalue weighted by Crippen LogP contribution is 2.12. The van der Waals surface area contributed by atoms with Crippen molar-refractivity contribution in [2.45, 2.75) is 56.3 Å². The zero-order valence-electron chi connectivity index (χ0n) is 22.4. The highest BCUT2D eigenvalue weighted by Gasteiger charge is 2.31. The topological polar surface area (TPSA) is 271 Å². The first kappa shape index (κ1) is 31.3. The van der Waals surface area contributed by atoms with Crippen LogP contribution < -0.4 is 27.4 Å². The number of H-pyrrole nitrogens is 2. The number of hydrogen-bond donors (Lipinski definition) is 9. The predicted molar refractivity (Wildman–Crippen MR) is 146 cm³/mol. The second-order valence-corrected chi connectivity index (χ2v) is 9.57. The van der Waals surface area contributed by atoms with E-state index in [0.29, 0.717) is 17.0 Å². The number of hydrogen-bond acceptors (Lipinski definition) is 9. The summed E-state index contributed by atoms with van der Waals surface area (Å²) in [6.45, 7) is 0. The van der Waals surface area contributed by atoms with Gasteiger partial charge in [-0.2, -0.15) is 0 Å². The number of primary amides is 1. The highest BCUT2D eigenvalue weighted by molar-refractivity contribution is 5.94. The second kappa shape index (κ2) is 14.9. The van der Waals surface area contributed by atoms with Crippen LogP contribution in [0.25, 0.3) is 0 Å². The molecule has 0 aliphatic carbocycles. The van der Waals surface area contributed by atoms with E-state index in [1.165, 1.54) is 37.2 Å². The molecule has 3 aromatic rings. The molecule has 224 valence electrons. The van der Waals surface area contributed by atoms with Crippen LogP contribution in [0.15, 0.2) is 49.3 Å². The molecular weight excluding hydrogens is 550 g/mol. The Balaban J connectivity index is 1.81. The van der Waals surface area contributed by atoms with Crippen molar-refractivity contribution in [2.24, 2.45) is 11.5 Å². The van der Waals surface area contributed by atoms with Crippen molar-refractivity contribution in [3.8, 4) is 5.75 Å².